The van der Waals surface area contributed by atoms with Crippen LogP contribution in [0, 0.1) is 25.2 Å². The van der Waals surface area contributed by atoms with Gasteiger partial charge in [0.2, 0.25) is 0 Å². The van der Waals surface area contributed by atoms with E-state index in [2.05, 4.69) is 58.0 Å². The summed E-state index contributed by atoms with van der Waals surface area (Å²) >= 11 is 0. The molecular formula is C19H19N. The Balaban J connectivity index is 2.41. The van der Waals surface area contributed by atoms with Crippen molar-refractivity contribution in [3.63, 3.8) is 0 Å². The fourth-order valence-corrected chi connectivity index (χ4v) is 3.65. The van der Waals surface area contributed by atoms with Crippen molar-refractivity contribution in [3.8, 4) is 17.2 Å². The Morgan fingerprint density at radius 2 is 1.80 bits per heavy atom. The van der Waals surface area contributed by atoms with E-state index in [-0.39, 0.29) is 5.41 Å². The highest BCUT2D eigenvalue weighted by atomic mass is 14.4. The first-order valence-corrected chi connectivity index (χ1v) is 7.09. The van der Waals surface area contributed by atoms with Gasteiger partial charge in [0.05, 0.1) is 11.6 Å². The molecule has 0 heterocycles. The molecule has 1 heteroatoms. The average Bonchev–Trinajstić information content (AvgIpc) is 2.39. The first-order valence-electron chi connectivity index (χ1n) is 7.09. The largest absolute Gasteiger partial charge is 0.192 e. The molecule has 0 N–H and O–H groups in total. The molecule has 1 aliphatic carbocycles. The van der Waals surface area contributed by atoms with E-state index < -0.39 is 0 Å². The van der Waals surface area contributed by atoms with Crippen molar-refractivity contribution in [3.05, 3.63) is 58.1 Å². The Bertz CT molecular complexity index is 745. The van der Waals surface area contributed by atoms with Gasteiger partial charge in [-0.15, -0.1) is 0 Å². The van der Waals surface area contributed by atoms with E-state index in [4.69, 9.17) is 0 Å². The zero-order chi connectivity index (χ0) is 14.5. The van der Waals surface area contributed by atoms with Crippen LogP contribution in [0.5, 0.6) is 0 Å². The zero-order valence-corrected chi connectivity index (χ0v) is 12.5. The molecule has 3 rings (SSSR count). The monoisotopic (exact) mass is 261 g/mol. The molecule has 100 valence electrons. The molecule has 0 atom stereocenters. The van der Waals surface area contributed by atoms with Crippen LogP contribution in [-0.2, 0) is 11.8 Å². The Hall–Kier alpha value is -2.07. The van der Waals surface area contributed by atoms with Gasteiger partial charge in [0.1, 0.15) is 0 Å². The van der Waals surface area contributed by atoms with Crippen molar-refractivity contribution < 1.29 is 0 Å². The van der Waals surface area contributed by atoms with Crippen LogP contribution in [0.4, 0.5) is 0 Å². The fourth-order valence-electron chi connectivity index (χ4n) is 3.65. The predicted octanol–water partition coefficient (Wildman–Crippen LogP) is 4.68. The second-order valence-corrected chi connectivity index (χ2v) is 6.43. The summed E-state index contributed by atoms with van der Waals surface area (Å²) in [4.78, 5) is 0. The van der Waals surface area contributed by atoms with Gasteiger partial charge in [0.25, 0.3) is 0 Å². The van der Waals surface area contributed by atoms with Gasteiger partial charge in [0.15, 0.2) is 0 Å². The minimum Gasteiger partial charge on any atom is -0.192 e. The van der Waals surface area contributed by atoms with Gasteiger partial charge in [-0.25, -0.2) is 0 Å². The molecule has 2 aromatic carbocycles. The van der Waals surface area contributed by atoms with Crippen molar-refractivity contribution in [1.29, 1.82) is 5.26 Å². The molecule has 1 nitrogen and oxygen atoms in total. The van der Waals surface area contributed by atoms with Crippen LogP contribution in [0.2, 0.25) is 0 Å². The van der Waals surface area contributed by atoms with Crippen LogP contribution in [-0.4, -0.2) is 0 Å². The van der Waals surface area contributed by atoms with Gasteiger partial charge in [-0.05, 0) is 65.1 Å². The molecule has 0 bridgehead atoms. The standard InChI is InChI=1S/C19H19N/c1-12-6-5-7-15-16-9-8-14(11-20)13(2)18(16)19(3,4)10-17(12)15/h5-9H,10H2,1-4H3. The van der Waals surface area contributed by atoms with Crippen LogP contribution in [0.25, 0.3) is 11.1 Å². The van der Waals surface area contributed by atoms with E-state index in [1.165, 1.54) is 27.8 Å². The van der Waals surface area contributed by atoms with E-state index in [0.717, 1.165) is 17.5 Å². The van der Waals surface area contributed by atoms with Crippen LogP contribution < -0.4 is 0 Å². The lowest BCUT2D eigenvalue weighted by Crippen LogP contribution is -2.27. The lowest BCUT2D eigenvalue weighted by molar-refractivity contribution is 0.512. The summed E-state index contributed by atoms with van der Waals surface area (Å²) in [6.45, 7) is 8.85. The lowest BCUT2D eigenvalue weighted by atomic mass is 9.67. The topological polar surface area (TPSA) is 23.8 Å². The molecule has 0 saturated heterocycles. The van der Waals surface area contributed by atoms with Crippen molar-refractivity contribution in [2.45, 2.75) is 39.5 Å². The molecule has 0 saturated carbocycles. The van der Waals surface area contributed by atoms with Gasteiger partial charge in [-0.3, -0.25) is 0 Å². The van der Waals surface area contributed by atoms with Gasteiger partial charge < -0.3 is 0 Å². The third-order valence-corrected chi connectivity index (χ3v) is 4.58. The number of rotatable bonds is 0. The number of nitriles is 1. The first kappa shape index (κ1) is 12.9. The quantitative estimate of drug-likeness (QED) is 0.675. The first-order chi connectivity index (χ1) is 9.45. The summed E-state index contributed by atoms with van der Waals surface area (Å²) in [7, 11) is 0. The molecule has 0 fully saturated rings. The minimum atomic E-state index is 0.0748. The van der Waals surface area contributed by atoms with Crippen LogP contribution in [0.15, 0.2) is 30.3 Å². The zero-order valence-electron chi connectivity index (χ0n) is 12.5. The minimum absolute atomic E-state index is 0.0748. The van der Waals surface area contributed by atoms with E-state index in [1.54, 1.807) is 0 Å². The Morgan fingerprint density at radius 1 is 1.05 bits per heavy atom. The van der Waals surface area contributed by atoms with Crippen LogP contribution >= 0.6 is 0 Å². The van der Waals surface area contributed by atoms with Crippen LogP contribution in [0.1, 0.15) is 41.7 Å². The molecule has 0 aliphatic heterocycles. The summed E-state index contributed by atoms with van der Waals surface area (Å²) in [5.41, 5.74) is 8.82. The SMILES string of the molecule is Cc1cccc2c1CC(C)(C)c1c-2ccc(C#N)c1C. The van der Waals surface area contributed by atoms with Gasteiger partial charge in [0, 0.05) is 0 Å². The molecule has 0 aromatic heterocycles. The number of hydrogen-bond donors (Lipinski definition) is 0. The highest BCUT2D eigenvalue weighted by molar-refractivity contribution is 5.78. The van der Waals surface area contributed by atoms with E-state index in [9.17, 15) is 5.26 Å². The van der Waals surface area contributed by atoms with Crippen molar-refractivity contribution in [1.82, 2.24) is 0 Å². The van der Waals surface area contributed by atoms with Crippen molar-refractivity contribution >= 4 is 0 Å². The molecule has 0 unspecified atom stereocenters. The highest BCUT2D eigenvalue weighted by Gasteiger charge is 2.33. The van der Waals surface area contributed by atoms with E-state index >= 15 is 0 Å². The maximum absolute atomic E-state index is 9.28. The summed E-state index contributed by atoms with van der Waals surface area (Å²) in [6, 6.07) is 12.9. The lowest BCUT2D eigenvalue weighted by Gasteiger charge is -2.36. The second-order valence-electron chi connectivity index (χ2n) is 6.43. The molecular weight excluding hydrogens is 242 g/mol. The summed E-state index contributed by atoms with van der Waals surface area (Å²) in [5, 5.41) is 9.28. The fraction of sp³-hybridized carbons (Fsp3) is 0.316. The second kappa shape index (κ2) is 4.21. The van der Waals surface area contributed by atoms with Crippen molar-refractivity contribution in [2.75, 3.05) is 0 Å². The number of nitrogens with zero attached hydrogens (tertiary/aromatic N) is 1. The van der Waals surface area contributed by atoms with Gasteiger partial charge in [-0.1, -0.05) is 38.1 Å². The molecule has 1 aliphatic rings. The Kier molecular flexibility index (Phi) is 2.73. The Morgan fingerprint density at radius 3 is 2.50 bits per heavy atom. The van der Waals surface area contributed by atoms with Crippen molar-refractivity contribution in [2.24, 2.45) is 0 Å². The molecule has 0 radical (unpaired) electrons. The average molecular weight is 261 g/mol. The van der Waals surface area contributed by atoms with E-state index in [1.807, 2.05) is 6.07 Å². The molecule has 2 aromatic rings. The van der Waals surface area contributed by atoms with Gasteiger partial charge in [-0.2, -0.15) is 5.26 Å². The summed E-state index contributed by atoms with van der Waals surface area (Å²) in [6.07, 6.45) is 1.04. The third kappa shape index (κ3) is 1.68. The number of aryl methyl sites for hydroxylation is 1. The van der Waals surface area contributed by atoms with Crippen LogP contribution in [0.3, 0.4) is 0 Å². The molecule has 0 amide bonds. The molecule has 0 spiro atoms. The normalized spacial score (nSPS) is 15.2. The number of fused-ring (bicyclic) bond motifs is 3. The third-order valence-electron chi connectivity index (χ3n) is 4.58. The molecule has 20 heavy (non-hydrogen) atoms. The van der Waals surface area contributed by atoms with E-state index in [0.29, 0.717) is 0 Å². The predicted molar refractivity (Wildman–Crippen MR) is 82.8 cm³/mol. The Labute approximate surface area is 120 Å². The number of hydrogen-bond acceptors (Lipinski definition) is 1. The summed E-state index contributed by atoms with van der Waals surface area (Å²) < 4.78 is 0. The maximum Gasteiger partial charge on any atom is 0.0994 e. The highest BCUT2D eigenvalue weighted by Crippen LogP contribution is 2.45. The smallest absolute Gasteiger partial charge is 0.0994 e. The summed E-state index contributed by atoms with van der Waals surface area (Å²) in [5.74, 6) is 0. The number of benzene rings is 2. The maximum atomic E-state index is 9.28. The van der Waals surface area contributed by atoms with Gasteiger partial charge >= 0.3 is 0 Å².